The Morgan fingerprint density at radius 1 is 1.06 bits per heavy atom. The van der Waals surface area contributed by atoms with Crippen molar-refractivity contribution in [2.45, 2.75) is 64.2 Å². The normalized spacial score (nSPS) is 29.2. The summed E-state index contributed by atoms with van der Waals surface area (Å²) in [5.74, 6) is 2.88. The van der Waals surface area contributed by atoms with Gasteiger partial charge < -0.3 is 9.84 Å². The van der Waals surface area contributed by atoms with Gasteiger partial charge in [0.25, 0.3) is 0 Å². The molecule has 6 rings (SSSR count). The number of rotatable bonds is 7. The number of ether oxygens (including phenoxy) is 1. The molecule has 4 fully saturated rings. The number of hydrogen-bond acceptors (Lipinski definition) is 2. The molecule has 4 bridgehead atoms. The average Bonchev–Trinajstić information content (AvgIpc) is 2.74. The summed E-state index contributed by atoms with van der Waals surface area (Å²) in [5, 5.41) is 11.4. The Hall–Kier alpha value is -2.55. The second kappa shape index (κ2) is 8.42. The van der Waals surface area contributed by atoms with E-state index in [9.17, 15) is 4.79 Å². The van der Waals surface area contributed by atoms with Crippen LogP contribution in [-0.4, -0.2) is 17.7 Å². The van der Waals surface area contributed by atoms with Crippen molar-refractivity contribution in [1.29, 1.82) is 0 Å². The Morgan fingerprint density at radius 3 is 2.38 bits per heavy atom. The van der Waals surface area contributed by atoms with Crippen LogP contribution in [0, 0.1) is 17.8 Å². The minimum atomic E-state index is -0.912. The van der Waals surface area contributed by atoms with Crippen molar-refractivity contribution in [3.8, 4) is 5.75 Å². The Labute approximate surface area is 191 Å². The average molecular weight is 431 g/mol. The van der Waals surface area contributed by atoms with Gasteiger partial charge in [0.2, 0.25) is 0 Å². The first-order valence-corrected chi connectivity index (χ1v) is 12.2. The molecule has 0 aliphatic heterocycles. The summed E-state index contributed by atoms with van der Waals surface area (Å²) >= 11 is 0. The van der Waals surface area contributed by atoms with Gasteiger partial charge in [0.05, 0.1) is 6.61 Å². The van der Waals surface area contributed by atoms with E-state index in [4.69, 9.17) is 9.84 Å². The highest BCUT2D eigenvalue weighted by atomic mass is 16.5. The summed E-state index contributed by atoms with van der Waals surface area (Å²) in [7, 11) is 0. The van der Waals surface area contributed by atoms with Gasteiger partial charge in [0, 0.05) is 11.6 Å². The summed E-state index contributed by atoms with van der Waals surface area (Å²) in [6, 6.07) is 11.2. The van der Waals surface area contributed by atoms with Crippen LogP contribution in [0.2, 0.25) is 0 Å². The first kappa shape index (κ1) is 21.3. The number of benzene rings is 2. The zero-order valence-corrected chi connectivity index (χ0v) is 19.3. The molecule has 0 amide bonds. The van der Waals surface area contributed by atoms with Crippen molar-refractivity contribution in [2.24, 2.45) is 17.8 Å². The summed E-state index contributed by atoms with van der Waals surface area (Å²) in [4.78, 5) is 10.9. The Morgan fingerprint density at radius 2 is 1.75 bits per heavy atom. The van der Waals surface area contributed by atoms with Crippen LogP contribution in [0.3, 0.4) is 0 Å². The quantitative estimate of drug-likeness (QED) is 0.375. The molecule has 0 unspecified atom stereocenters. The Kier molecular flexibility index (Phi) is 5.61. The molecule has 2 aromatic carbocycles. The zero-order valence-electron chi connectivity index (χ0n) is 19.3. The molecule has 168 valence electrons. The van der Waals surface area contributed by atoms with Crippen molar-refractivity contribution in [1.82, 2.24) is 0 Å². The van der Waals surface area contributed by atoms with Gasteiger partial charge in [-0.1, -0.05) is 31.2 Å². The number of fused-ring (bicyclic) bond motifs is 1. The highest BCUT2D eigenvalue weighted by Crippen LogP contribution is 2.62. The SMILES string of the molecule is CCCOc1cc2ccc(/C=C/C(C)=C/C(=O)O)cc2cc1C12CC3CC(CC(C3)C1)C2. The van der Waals surface area contributed by atoms with Gasteiger partial charge in [0.1, 0.15) is 5.75 Å². The van der Waals surface area contributed by atoms with Crippen molar-refractivity contribution >= 4 is 22.8 Å². The summed E-state index contributed by atoms with van der Waals surface area (Å²) < 4.78 is 6.35. The summed E-state index contributed by atoms with van der Waals surface area (Å²) in [5.41, 5.74) is 3.56. The molecule has 3 nitrogen and oxygen atoms in total. The molecule has 0 heterocycles. The lowest BCUT2D eigenvalue weighted by Crippen LogP contribution is -2.48. The minimum Gasteiger partial charge on any atom is -0.493 e. The maximum Gasteiger partial charge on any atom is 0.328 e. The molecule has 2 aromatic rings. The monoisotopic (exact) mass is 430 g/mol. The largest absolute Gasteiger partial charge is 0.493 e. The molecular formula is C29H34O3. The number of aliphatic carboxylic acids is 1. The van der Waals surface area contributed by atoms with E-state index in [1.807, 2.05) is 19.1 Å². The molecule has 4 saturated carbocycles. The molecule has 1 N–H and O–H groups in total. The van der Waals surface area contributed by atoms with Crippen LogP contribution < -0.4 is 4.74 Å². The van der Waals surface area contributed by atoms with E-state index >= 15 is 0 Å². The maximum absolute atomic E-state index is 10.9. The molecule has 0 spiro atoms. The molecule has 4 aliphatic carbocycles. The predicted molar refractivity (Wildman–Crippen MR) is 130 cm³/mol. The van der Waals surface area contributed by atoms with Crippen molar-refractivity contribution in [2.75, 3.05) is 6.61 Å². The second-order valence-electron chi connectivity index (χ2n) is 10.6. The van der Waals surface area contributed by atoms with Crippen LogP contribution in [0.15, 0.2) is 48.1 Å². The third-order valence-corrected chi connectivity index (χ3v) is 7.92. The minimum absolute atomic E-state index is 0.290. The highest BCUT2D eigenvalue weighted by Gasteiger charge is 2.52. The van der Waals surface area contributed by atoms with E-state index in [1.165, 1.54) is 60.9 Å². The number of carboxylic acid groups (broad SMARTS) is 1. The first-order valence-electron chi connectivity index (χ1n) is 12.2. The van der Waals surface area contributed by atoms with Crippen LogP contribution in [0.4, 0.5) is 0 Å². The first-order chi connectivity index (χ1) is 15.4. The topological polar surface area (TPSA) is 46.5 Å². The van der Waals surface area contributed by atoms with Gasteiger partial charge in [-0.2, -0.15) is 0 Å². The van der Waals surface area contributed by atoms with Crippen molar-refractivity contribution < 1.29 is 14.6 Å². The number of carbonyl (C=O) groups is 1. The van der Waals surface area contributed by atoms with E-state index in [-0.39, 0.29) is 0 Å². The lowest BCUT2D eigenvalue weighted by Gasteiger charge is -2.57. The predicted octanol–water partition coefficient (Wildman–Crippen LogP) is 7.14. The smallest absolute Gasteiger partial charge is 0.328 e. The fourth-order valence-electron chi connectivity index (χ4n) is 7.06. The lowest BCUT2D eigenvalue weighted by atomic mass is 9.48. The Balaban J connectivity index is 1.55. The van der Waals surface area contributed by atoms with Gasteiger partial charge in [0.15, 0.2) is 0 Å². The third-order valence-electron chi connectivity index (χ3n) is 7.92. The number of allylic oxidation sites excluding steroid dienone is 2. The zero-order chi connectivity index (χ0) is 22.3. The molecule has 0 aromatic heterocycles. The summed E-state index contributed by atoms with van der Waals surface area (Å²) in [6.07, 6.45) is 14.4. The van der Waals surface area contributed by atoms with Gasteiger partial charge >= 0.3 is 5.97 Å². The molecule has 0 atom stereocenters. The lowest BCUT2D eigenvalue weighted by molar-refractivity contribution is -0.131. The number of carboxylic acids is 1. The van der Waals surface area contributed by atoms with Crippen LogP contribution in [0.5, 0.6) is 5.75 Å². The van der Waals surface area contributed by atoms with E-state index < -0.39 is 5.97 Å². The van der Waals surface area contributed by atoms with Crippen LogP contribution >= 0.6 is 0 Å². The molecule has 32 heavy (non-hydrogen) atoms. The van der Waals surface area contributed by atoms with Crippen molar-refractivity contribution in [3.63, 3.8) is 0 Å². The maximum atomic E-state index is 10.9. The fraction of sp³-hybridized carbons (Fsp3) is 0.483. The molecule has 0 saturated heterocycles. The van der Waals surface area contributed by atoms with Gasteiger partial charge in [-0.25, -0.2) is 4.79 Å². The highest BCUT2D eigenvalue weighted by molar-refractivity contribution is 5.88. The van der Waals surface area contributed by atoms with Gasteiger partial charge in [-0.3, -0.25) is 0 Å². The van der Waals surface area contributed by atoms with E-state index in [0.717, 1.165) is 47.7 Å². The second-order valence-corrected chi connectivity index (χ2v) is 10.6. The number of hydrogen-bond donors (Lipinski definition) is 1. The van der Waals surface area contributed by atoms with E-state index in [0.29, 0.717) is 5.41 Å². The van der Waals surface area contributed by atoms with Gasteiger partial charge in [-0.05, 0) is 115 Å². The van der Waals surface area contributed by atoms with E-state index in [2.05, 4.69) is 37.3 Å². The summed E-state index contributed by atoms with van der Waals surface area (Å²) in [6.45, 7) is 4.75. The van der Waals surface area contributed by atoms with E-state index in [1.54, 1.807) is 0 Å². The van der Waals surface area contributed by atoms with Crippen LogP contribution in [0.1, 0.15) is 69.9 Å². The van der Waals surface area contributed by atoms with Crippen LogP contribution in [-0.2, 0) is 10.2 Å². The van der Waals surface area contributed by atoms with Gasteiger partial charge in [-0.15, -0.1) is 0 Å². The molecule has 0 radical (unpaired) electrons. The Bertz CT molecular complexity index is 1060. The fourth-order valence-corrected chi connectivity index (χ4v) is 7.06. The molecule has 3 heteroatoms. The standard InChI is InChI=1S/C29H34O3/c1-3-8-32-27-15-24-7-6-20(5-4-19(2)9-28(30)31)13-25(24)14-26(27)29-16-21-10-22(17-29)12-23(11-21)18-29/h4-7,9,13-15,21-23H,3,8,10-12,16-18H2,1-2H3,(H,30,31)/b5-4+,19-9+. The molecule has 4 aliphatic rings. The third kappa shape index (κ3) is 4.10. The van der Waals surface area contributed by atoms with Crippen molar-refractivity contribution in [3.05, 3.63) is 59.2 Å². The molecular weight excluding hydrogens is 396 g/mol. The van der Waals surface area contributed by atoms with Crippen LogP contribution in [0.25, 0.3) is 16.8 Å².